The molecule has 0 aromatic heterocycles. The molecule has 0 N–H and O–H groups in total. The van der Waals surface area contributed by atoms with Gasteiger partial charge in [0.25, 0.3) is 0 Å². The molecule has 0 saturated heterocycles. The summed E-state index contributed by atoms with van der Waals surface area (Å²) >= 11 is 0. The van der Waals surface area contributed by atoms with Gasteiger partial charge >= 0.3 is 0 Å². The van der Waals surface area contributed by atoms with Crippen LogP contribution < -0.4 is 0 Å². The third kappa shape index (κ3) is 13.0. The predicted octanol–water partition coefficient (Wildman–Crippen LogP) is 13.3. The minimum atomic E-state index is 1.16. The zero-order valence-electron chi connectivity index (χ0n) is 31.6. The highest BCUT2D eigenvalue weighted by Crippen LogP contribution is 2.43. The number of quaternary nitrogens is 2. The van der Waals surface area contributed by atoms with E-state index in [0.717, 1.165) is 8.97 Å². The normalized spacial score (nSPS) is 12.8. The van der Waals surface area contributed by atoms with Gasteiger partial charge in [-0.05, 0) is 101 Å². The van der Waals surface area contributed by atoms with Crippen molar-refractivity contribution in [3.63, 3.8) is 0 Å². The molecule has 0 spiro atoms. The Bertz CT molecular complexity index is 888. The molecule has 0 amide bonds. The Labute approximate surface area is 287 Å². The first-order valence-corrected chi connectivity index (χ1v) is 20.2. The number of unbranched alkanes of at least 4 members (excludes halogenated alkanes) is 12. The van der Waals surface area contributed by atoms with Crippen LogP contribution in [-0.4, -0.2) is 48.2 Å². The van der Waals surface area contributed by atoms with Gasteiger partial charge in [0.2, 0.25) is 11.4 Å². The van der Waals surface area contributed by atoms with Crippen LogP contribution in [0.15, 0.2) is 60.7 Å². The molecule has 0 aliphatic carbocycles. The van der Waals surface area contributed by atoms with E-state index in [0.29, 0.717) is 0 Å². The van der Waals surface area contributed by atoms with Crippen LogP contribution in [0.25, 0.3) is 11.4 Å². The van der Waals surface area contributed by atoms with E-state index in [1.54, 1.807) is 11.4 Å². The van der Waals surface area contributed by atoms with Crippen LogP contribution in [0, 0.1) is 0 Å². The fraction of sp³-hybridized carbons (Fsp3) is 0.682. The van der Waals surface area contributed by atoms with Gasteiger partial charge in [-0.2, -0.15) is 0 Å². The molecule has 0 heterocycles. The topological polar surface area (TPSA) is 0 Å². The number of hydrogen-bond donors (Lipinski definition) is 0. The van der Waals surface area contributed by atoms with Gasteiger partial charge in [0.05, 0.1) is 39.3 Å². The van der Waals surface area contributed by atoms with Crippen LogP contribution >= 0.6 is 0 Å². The van der Waals surface area contributed by atoms with Crippen molar-refractivity contribution in [1.29, 1.82) is 0 Å². The van der Waals surface area contributed by atoms with E-state index in [2.05, 4.69) is 102 Å². The zero-order valence-corrected chi connectivity index (χ0v) is 31.6. The van der Waals surface area contributed by atoms with Gasteiger partial charge < -0.3 is 0 Å². The van der Waals surface area contributed by atoms with Crippen molar-refractivity contribution < 1.29 is 8.97 Å². The van der Waals surface area contributed by atoms with E-state index in [1.165, 1.54) is 166 Å². The summed E-state index contributed by atoms with van der Waals surface area (Å²) in [5.74, 6) is 0. The lowest BCUT2D eigenvalue weighted by Crippen LogP contribution is -2.54. The molecular weight excluding hydrogens is 556 g/mol. The van der Waals surface area contributed by atoms with E-state index in [9.17, 15) is 0 Å². The standard InChI is InChI=1S/C44H76N2/c1-7-13-25-35-45(36-26-14-8-2,37-27-15-9-3)43(41-31-21-19-22-32-41)44(42-33-23-20-24-34-42)46(38-28-16-10-4,39-29-17-11-5)40-30-18-12-6/h19-24,31-34H,7-18,25-30,35-40H2,1-6H3/q+2. The first-order valence-electron chi connectivity index (χ1n) is 20.2. The van der Waals surface area contributed by atoms with Crippen molar-refractivity contribution in [1.82, 2.24) is 0 Å². The molecule has 260 valence electrons. The first kappa shape index (κ1) is 40.3. The van der Waals surface area contributed by atoms with Crippen LogP contribution in [-0.2, 0) is 0 Å². The van der Waals surface area contributed by atoms with Crippen molar-refractivity contribution in [2.75, 3.05) is 39.3 Å². The largest absolute Gasteiger partial charge is 0.285 e. The number of benzene rings is 2. The summed E-state index contributed by atoms with van der Waals surface area (Å²) in [6.45, 7) is 21.9. The van der Waals surface area contributed by atoms with Gasteiger partial charge in [0, 0.05) is 11.1 Å². The Kier molecular flexibility index (Phi) is 21.3. The Morgan fingerprint density at radius 1 is 0.326 bits per heavy atom. The van der Waals surface area contributed by atoms with Gasteiger partial charge in [-0.15, -0.1) is 0 Å². The molecule has 0 aliphatic heterocycles. The monoisotopic (exact) mass is 633 g/mol. The second-order valence-electron chi connectivity index (χ2n) is 14.3. The molecule has 0 aliphatic rings. The summed E-state index contributed by atoms with van der Waals surface area (Å²) in [6, 6.07) is 23.6. The van der Waals surface area contributed by atoms with E-state index in [1.807, 2.05) is 0 Å². The van der Waals surface area contributed by atoms with Crippen LogP contribution in [0.4, 0.5) is 0 Å². The quantitative estimate of drug-likeness (QED) is 0.0497. The summed E-state index contributed by atoms with van der Waals surface area (Å²) < 4.78 is 2.31. The highest BCUT2D eigenvalue weighted by atomic mass is 15.4. The van der Waals surface area contributed by atoms with E-state index in [4.69, 9.17) is 0 Å². The Morgan fingerprint density at radius 3 is 0.739 bits per heavy atom. The smallest absolute Gasteiger partial charge is 0.202 e. The fourth-order valence-electron chi connectivity index (χ4n) is 7.79. The SMILES string of the molecule is CCCCC[N+](CCCCC)(CCCCC)C(=C(c1ccccc1)[N+](CCCCC)(CCCCC)CCCCC)c1ccccc1. The van der Waals surface area contributed by atoms with Crippen molar-refractivity contribution >= 4 is 11.4 Å². The molecule has 0 atom stereocenters. The molecule has 2 aromatic rings. The van der Waals surface area contributed by atoms with Crippen molar-refractivity contribution in [2.24, 2.45) is 0 Å². The average molecular weight is 633 g/mol. The van der Waals surface area contributed by atoms with Crippen LogP contribution in [0.3, 0.4) is 0 Å². The van der Waals surface area contributed by atoms with E-state index >= 15 is 0 Å². The molecule has 2 heteroatoms. The molecule has 0 bridgehead atoms. The Hall–Kier alpha value is -1.90. The van der Waals surface area contributed by atoms with Gasteiger partial charge in [-0.3, -0.25) is 8.97 Å². The van der Waals surface area contributed by atoms with Crippen LogP contribution in [0.5, 0.6) is 0 Å². The summed E-state index contributed by atoms with van der Waals surface area (Å²) in [6.07, 6.45) is 23.5. The maximum absolute atomic E-state index is 2.48. The molecule has 2 rings (SSSR count). The third-order valence-electron chi connectivity index (χ3n) is 10.4. The summed E-state index contributed by atoms with van der Waals surface area (Å²) in [5.41, 5.74) is 6.32. The molecule has 0 saturated carbocycles. The number of nitrogens with zero attached hydrogens (tertiary/aromatic N) is 2. The lowest BCUT2D eigenvalue weighted by atomic mass is 9.95. The Balaban J connectivity index is 3.14. The van der Waals surface area contributed by atoms with Crippen LogP contribution in [0.2, 0.25) is 0 Å². The number of hydrogen-bond acceptors (Lipinski definition) is 0. The van der Waals surface area contributed by atoms with Crippen molar-refractivity contribution in [3.8, 4) is 0 Å². The summed E-state index contributed by atoms with van der Waals surface area (Å²) in [4.78, 5) is 0. The summed E-state index contributed by atoms with van der Waals surface area (Å²) in [5, 5.41) is 0. The maximum atomic E-state index is 2.48. The second kappa shape index (κ2) is 24.3. The molecule has 2 aromatic carbocycles. The van der Waals surface area contributed by atoms with Crippen molar-refractivity contribution in [3.05, 3.63) is 71.8 Å². The molecule has 2 nitrogen and oxygen atoms in total. The zero-order chi connectivity index (χ0) is 33.4. The molecule has 0 fully saturated rings. The van der Waals surface area contributed by atoms with Gasteiger partial charge in [-0.1, -0.05) is 116 Å². The van der Waals surface area contributed by atoms with Gasteiger partial charge in [-0.25, -0.2) is 0 Å². The lowest BCUT2D eigenvalue weighted by molar-refractivity contribution is -0.882. The highest BCUT2D eigenvalue weighted by Gasteiger charge is 2.44. The second-order valence-corrected chi connectivity index (χ2v) is 14.3. The predicted molar refractivity (Wildman–Crippen MR) is 207 cm³/mol. The maximum Gasteiger partial charge on any atom is 0.202 e. The van der Waals surface area contributed by atoms with Crippen LogP contribution in [0.1, 0.15) is 168 Å². The summed E-state index contributed by atoms with van der Waals surface area (Å²) in [7, 11) is 0. The minimum Gasteiger partial charge on any atom is -0.285 e. The van der Waals surface area contributed by atoms with E-state index < -0.39 is 0 Å². The molecule has 0 radical (unpaired) electrons. The molecular formula is C44H76N2+2. The lowest BCUT2D eigenvalue weighted by Gasteiger charge is -2.46. The average Bonchev–Trinajstić information content (AvgIpc) is 3.08. The third-order valence-corrected chi connectivity index (χ3v) is 10.4. The molecule has 46 heavy (non-hydrogen) atoms. The Morgan fingerprint density at radius 2 is 0.543 bits per heavy atom. The number of rotatable bonds is 28. The minimum absolute atomic E-state index is 1.16. The van der Waals surface area contributed by atoms with Gasteiger partial charge in [0.1, 0.15) is 0 Å². The fourth-order valence-corrected chi connectivity index (χ4v) is 7.79. The van der Waals surface area contributed by atoms with Crippen molar-refractivity contribution in [2.45, 2.75) is 157 Å². The first-order chi connectivity index (χ1) is 22.6. The highest BCUT2D eigenvalue weighted by molar-refractivity contribution is 5.83. The van der Waals surface area contributed by atoms with E-state index in [-0.39, 0.29) is 0 Å². The molecule has 0 unspecified atom stereocenters. The van der Waals surface area contributed by atoms with Gasteiger partial charge in [0.15, 0.2) is 0 Å².